The van der Waals surface area contributed by atoms with Gasteiger partial charge < -0.3 is 0 Å². The molecule has 2 radical (unpaired) electrons. The van der Waals surface area contributed by atoms with E-state index in [1.54, 1.807) is 0 Å². The summed E-state index contributed by atoms with van der Waals surface area (Å²) in [5.74, 6) is 0. The molecule has 4 rings (SSSR count). The van der Waals surface area contributed by atoms with Crippen LogP contribution in [0.2, 0.25) is 0 Å². The van der Waals surface area contributed by atoms with Crippen LogP contribution in [-0.2, 0) is 0 Å². The Morgan fingerprint density at radius 1 is 0.812 bits per heavy atom. The standard InChI is InChI=1S/C16H8/c1-2-8-13-12(7-1)14-9-3-5-11-6-4-10-15(13)16(11)14/h1,3-9H. The van der Waals surface area contributed by atoms with E-state index in [0.717, 1.165) is 0 Å². The van der Waals surface area contributed by atoms with E-state index in [1.807, 2.05) is 12.1 Å². The molecule has 72 valence electrons. The average molecular weight is 200 g/mol. The SMILES string of the molecule is [c]1ccc2c(c1)-c1[c]ccc3cccc-2c13. The number of hydrogen-bond acceptors (Lipinski definition) is 0. The van der Waals surface area contributed by atoms with E-state index in [1.165, 1.54) is 33.0 Å². The monoisotopic (exact) mass is 200 g/mol. The maximum atomic E-state index is 3.35. The maximum Gasteiger partial charge on any atom is -0.00139 e. The molecule has 3 aromatic rings. The van der Waals surface area contributed by atoms with Crippen LogP contribution in [-0.4, -0.2) is 0 Å². The molecule has 0 heteroatoms. The first kappa shape index (κ1) is 8.12. The third kappa shape index (κ3) is 0.849. The third-order valence-corrected chi connectivity index (χ3v) is 3.26. The molecule has 0 saturated carbocycles. The van der Waals surface area contributed by atoms with E-state index < -0.39 is 0 Å². The molecule has 0 atom stereocenters. The normalized spacial score (nSPS) is 11.8. The van der Waals surface area contributed by atoms with Crippen LogP contribution in [0.3, 0.4) is 0 Å². The van der Waals surface area contributed by atoms with Gasteiger partial charge in [0.1, 0.15) is 0 Å². The van der Waals surface area contributed by atoms with Crippen molar-refractivity contribution >= 4 is 10.8 Å². The topological polar surface area (TPSA) is 0 Å². The van der Waals surface area contributed by atoms with Crippen LogP contribution in [0.4, 0.5) is 0 Å². The molecule has 16 heavy (non-hydrogen) atoms. The lowest BCUT2D eigenvalue weighted by atomic mass is 10.0. The van der Waals surface area contributed by atoms with Gasteiger partial charge >= 0.3 is 0 Å². The van der Waals surface area contributed by atoms with Gasteiger partial charge in [0, 0.05) is 0 Å². The van der Waals surface area contributed by atoms with Crippen molar-refractivity contribution in [2.75, 3.05) is 0 Å². The Kier molecular flexibility index (Phi) is 1.39. The average Bonchev–Trinajstić information content (AvgIpc) is 2.68. The largest absolute Gasteiger partial charge is 0.0610 e. The first-order chi connectivity index (χ1) is 7.95. The van der Waals surface area contributed by atoms with Crippen molar-refractivity contribution in [2.24, 2.45) is 0 Å². The molecule has 0 aliphatic heterocycles. The Hall–Kier alpha value is -2.08. The van der Waals surface area contributed by atoms with Gasteiger partial charge in [-0.2, -0.15) is 0 Å². The summed E-state index contributed by atoms with van der Waals surface area (Å²) in [5, 5.41) is 2.63. The minimum atomic E-state index is 1.22. The summed E-state index contributed by atoms with van der Waals surface area (Å²) in [7, 11) is 0. The predicted molar refractivity (Wildman–Crippen MR) is 66.1 cm³/mol. The lowest BCUT2D eigenvalue weighted by molar-refractivity contribution is 1.68. The lowest BCUT2D eigenvalue weighted by Crippen LogP contribution is -1.74. The second-order valence-electron chi connectivity index (χ2n) is 4.09. The smallest absolute Gasteiger partial charge is 0.00139 e. The molecular weight excluding hydrogens is 192 g/mol. The minimum absolute atomic E-state index is 1.22. The van der Waals surface area contributed by atoms with E-state index in [0.29, 0.717) is 0 Å². The van der Waals surface area contributed by atoms with E-state index in [2.05, 4.69) is 48.5 Å². The molecule has 0 saturated heterocycles. The summed E-state index contributed by atoms with van der Waals surface area (Å²) in [6, 6.07) is 23.3. The predicted octanol–water partition coefficient (Wildman–Crippen LogP) is 4.09. The van der Waals surface area contributed by atoms with E-state index in [-0.39, 0.29) is 0 Å². The Morgan fingerprint density at radius 3 is 2.81 bits per heavy atom. The molecule has 0 bridgehead atoms. The summed E-state index contributed by atoms with van der Waals surface area (Å²) in [4.78, 5) is 0. The molecule has 0 unspecified atom stereocenters. The van der Waals surface area contributed by atoms with Crippen molar-refractivity contribution in [3.63, 3.8) is 0 Å². The fourth-order valence-corrected chi connectivity index (χ4v) is 2.58. The van der Waals surface area contributed by atoms with Crippen LogP contribution in [0.15, 0.2) is 48.5 Å². The van der Waals surface area contributed by atoms with Crippen LogP contribution >= 0.6 is 0 Å². The Labute approximate surface area is 94.2 Å². The maximum absolute atomic E-state index is 3.35. The highest BCUT2D eigenvalue weighted by molar-refractivity contribution is 6.14. The van der Waals surface area contributed by atoms with Gasteiger partial charge in [-0.1, -0.05) is 42.5 Å². The zero-order chi connectivity index (χ0) is 10.5. The van der Waals surface area contributed by atoms with Crippen LogP contribution in [0.5, 0.6) is 0 Å². The number of fused-ring (bicyclic) bond motifs is 3. The van der Waals surface area contributed by atoms with Crippen molar-refractivity contribution < 1.29 is 0 Å². The summed E-state index contributed by atoms with van der Waals surface area (Å²) < 4.78 is 0. The molecule has 0 nitrogen and oxygen atoms in total. The van der Waals surface area contributed by atoms with Crippen molar-refractivity contribution in [1.29, 1.82) is 0 Å². The summed E-state index contributed by atoms with van der Waals surface area (Å²) in [5.41, 5.74) is 5.12. The van der Waals surface area contributed by atoms with Gasteiger partial charge in [0.2, 0.25) is 0 Å². The zero-order valence-corrected chi connectivity index (χ0v) is 8.62. The molecule has 0 amide bonds. The number of rotatable bonds is 0. The van der Waals surface area contributed by atoms with Gasteiger partial charge in [0.05, 0.1) is 0 Å². The molecule has 0 heterocycles. The highest BCUT2D eigenvalue weighted by Crippen LogP contribution is 2.46. The molecule has 3 aromatic carbocycles. The van der Waals surface area contributed by atoms with Gasteiger partial charge in [0.15, 0.2) is 0 Å². The first-order valence-corrected chi connectivity index (χ1v) is 5.39. The van der Waals surface area contributed by atoms with E-state index in [9.17, 15) is 0 Å². The molecule has 1 aliphatic carbocycles. The van der Waals surface area contributed by atoms with E-state index >= 15 is 0 Å². The molecule has 0 N–H and O–H groups in total. The van der Waals surface area contributed by atoms with Gasteiger partial charge in [0.25, 0.3) is 0 Å². The second-order valence-corrected chi connectivity index (χ2v) is 4.09. The zero-order valence-electron chi connectivity index (χ0n) is 8.62. The summed E-state index contributed by atoms with van der Waals surface area (Å²) in [6.07, 6.45) is 0. The Balaban J connectivity index is 2.31. The quantitative estimate of drug-likeness (QED) is 0.401. The van der Waals surface area contributed by atoms with Crippen LogP contribution in [0.1, 0.15) is 0 Å². The van der Waals surface area contributed by atoms with Gasteiger partial charge in [-0.05, 0) is 51.2 Å². The number of hydrogen-bond donors (Lipinski definition) is 0. The minimum Gasteiger partial charge on any atom is -0.0610 e. The summed E-state index contributed by atoms with van der Waals surface area (Å²) in [6.45, 7) is 0. The van der Waals surface area contributed by atoms with Crippen LogP contribution in [0, 0.1) is 12.1 Å². The van der Waals surface area contributed by atoms with Crippen LogP contribution < -0.4 is 0 Å². The second kappa shape index (κ2) is 2.73. The Bertz CT molecular complexity index is 650. The van der Waals surface area contributed by atoms with Crippen LogP contribution in [0.25, 0.3) is 33.0 Å². The Morgan fingerprint density at radius 2 is 1.81 bits per heavy atom. The molecular formula is C16H8. The van der Waals surface area contributed by atoms with Crippen molar-refractivity contribution in [3.8, 4) is 22.3 Å². The van der Waals surface area contributed by atoms with Crippen molar-refractivity contribution in [3.05, 3.63) is 60.7 Å². The fraction of sp³-hybridized carbons (Fsp3) is 0. The van der Waals surface area contributed by atoms with Gasteiger partial charge in [-0.25, -0.2) is 0 Å². The fourth-order valence-electron chi connectivity index (χ4n) is 2.58. The lowest BCUT2D eigenvalue weighted by Gasteiger charge is -1.99. The first-order valence-electron chi connectivity index (χ1n) is 5.39. The highest BCUT2D eigenvalue weighted by Gasteiger charge is 2.19. The number of benzene rings is 3. The van der Waals surface area contributed by atoms with Crippen molar-refractivity contribution in [2.45, 2.75) is 0 Å². The molecule has 0 aromatic heterocycles. The molecule has 0 spiro atoms. The van der Waals surface area contributed by atoms with Gasteiger partial charge in [-0.3, -0.25) is 0 Å². The third-order valence-electron chi connectivity index (χ3n) is 3.26. The van der Waals surface area contributed by atoms with E-state index in [4.69, 9.17) is 0 Å². The molecule has 1 aliphatic rings. The van der Waals surface area contributed by atoms with Gasteiger partial charge in [-0.15, -0.1) is 0 Å². The molecule has 0 fully saturated rings. The summed E-state index contributed by atoms with van der Waals surface area (Å²) >= 11 is 0. The van der Waals surface area contributed by atoms with Crippen molar-refractivity contribution in [1.82, 2.24) is 0 Å². The highest BCUT2D eigenvalue weighted by atomic mass is 14.2.